The Bertz CT molecular complexity index is 276. The van der Waals surface area contributed by atoms with Crippen molar-refractivity contribution in [2.45, 2.75) is 59.3 Å². The summed E-state index contributed by atoms with van der Waals surface area (Å²) in [6.07, 6.45) is 5.52. The van der Waals surface area contributed by atoms with E-state index in [9.17, 15) is 0 Å². The van der Waals surface area contributed by atoms with Crippen molar-refractivity contribution in [3.63, 3.8) is 0 Å². The predicted molar refractivity (Wildman–Crippen MR) is 111 cm³/mol. The van der Waals surface area contributed by atoms with Gasteiger partial charge in [0.2, 0.25) is 0 Å². The van der Waals surface area contributed by atoms with Gasteiger partial charge in [0, 0.05) is 59.5 Å². The summed E-state index contributed by atoms with van der Waals surface area (Å²) >= 11 is 0. The smallest absolute Gasteiger partial charge is 0.381 e. The maximum absolute atomic E-state index is 6.03. The van der Waals surface area contributed by atoms with E-state index >= 15 is 0 Å². The monoisotopic (exact) mass is 406 g/mol. The molecule has 0 fully saturated rings. The molecule has 0 radical (unpaired) electrons. The summed E-state index contributed by atoms with van der Waals surface area (Å²) in [5.41, 5.74) is 1.72. The van der Waals surface area contributed by atoms with Gasteiger partial charge in [-0.15, -0.1) is 0 Å². The Balaban J connectivity index is 4.25. The molecule has 0 heterocycles. The first-order valence-electron chi connectivity index (χ1n) is 10.5. The van der Waals surface area contributed by atoms with Crippen LogP contribution in [0.2, 0.25) is 0 Å². The first-order chi connectivity index (χ1) is 13.2. The Labute approximate surface area is 167 Å². The van der Waals surface area contributed by atoms with Crippen LogP contribution in [0.5, 0.6) is 0 Å². The first-order valence-corrected chi connectivity index (χ1v) is 12.3. The van der Waals surface area contributed by atoms with E-state index in [1.54, 1.807) is 5.70 Å². The highest BCUT2D eigenvalue weighted by Gasteiger charge is 2.37. The topological polar surface area (TPSA) is 55.4 Å². The van der Waals surface area contributed by atoms with Gasteiger partial charge >= 0.3 is 8.80 Å². The van der Waals surface area contributed by atoms with E-state index in [2.05, 4.69) is 27.4 Å². The van der Waals surface area contributed by atoms with E-state index < -0.39 is 8.80 Å². The van der Waals surface area contributed by atoms with Crippen molar-refractivity contribution < 1.29 is 27.5 Å². The van der Waals surface area contributed by atoms with Gasteiger partial charge in [-0.05, 0) is 44.2 Å². The second-order valence-corrected chi connectivity index (χ2v) is 8.73. The van der Waals surface area contributed by atoms with Crippen LogP contribution in [0.3, 0.4) is 0 Å². The third kappa shape index (κ3) is 16.4. The highest BCUT2D eigenvalue weighted by Crippen LogP contribution is 2.13. The molecule has 7 heteroatoms. The first kappa shape index (κ1) is 26.7. The molecule has 0 N–H and O–H groups in total. The van der Waals surface area contributed by atoms with Gasteiger partial charge in [0.15, 0.2) is 0 Å². The molecular weight excluding hydrogens is 364 g/mol. The molecule has 0 aromatic heterocycles. The van der Waals surface area contributed by atoms with Crippen molar-refractivity contribution >= 4 is 8.80 Å². The lowest BCUT2D eigenvalue weighted by molar-refractivity contribution is 0.0426. The van der Waals surface area contributed by atoms with E-state index in [-0.39, 0.29) is 0 Å². The lowest BCUT2D eigenvalue weighted by Gasteiger charge is -2.27. The summed E-state index contributed by atoms with van der Waals surface area (Å²) in [6.45, 7) is 16.2. The van der Waals surface area contributed by atoms with Gasteiger partial charge in [-0.25, -0.2) is 0 Å². The number of hydrogen-bond acceptors (Lipinski definition) is 6. The average Bonchev–Trinajstić information content (AvgIpc) is 2.69. The van der Waals surface area contributed by atoms with Gasteiger partial charge in [-0.1, -0.05) is 27.4 Å². The quantitative estimate of drug-likeness (QED) is 0.199. The highest BCUT2D eigenvalue weighted by atomic mass is 28.4. The largest absolute Gasteiger partial charge is 0.529 e. The maximum Gasteiger partial charge on any atom is 0.529 e. The number of ether oxygens (including phenoxy) is 3. The zero-order valence-corrected chi connectivity index (χ0v) is 18.8. The lowest BCUT2D eigenvalue weighted by atomic mass is 10.5. The molecule has 0 bridgehead atoms. The number of rotatable bonds is 22. The normalized spacial score (nSPS) is 11.8. The third-order valence-electron chi connectivity index (χ3n) is 3.50. The lowest BCUT2D eigenvalue weighted by Crippen LogP contribution is -2.45. The third-order valence-corrected chi connectivity index (χ3v) is 5.82. The van der Waals surface area contributed by atoms with Crippen molar-refractivity contribution in [1.29, 1.82) is 0 Å². The summed E-state index contributed by atoms with van der Waals surface area (Å²) in [7, 11) is -2.88. The van der Waals surface area contributed by atoms with E-state index in [4.69, 9.17) is 27.5 Å². The van der Waals surface area contributed by atoms with Gasteiger partial charge in [0.05, 0.1) is 0 Å². The van der Waals surface area contributed by atoms with Gasteiger partial charge in [0.25, 0.3) is 0 Å². The molecule has 0 aliphatic heterocycles. The fourth-order valence-electron chi connectivity index (χ4n) is 2.17. The summed E-state index contributed by atoms with van der Waals surface area (Å²) < 4.78 is 34.6. The molecule has 0 rings (SSSR count). The summed E-state index contributed by atoms with van der Waals surface area (Å²) in [4.78, 5) is 0. The van der Waals surface area contributed by atoms with E-state index in [0.29, 0.717) is 39.6 Å². The minimum absolute atomic E-state index is 0.542. The average molecular weight is 407 g/mol. The molecule has 0 unspecified atom stereocenters. The van der Waals surface area contributed by atoms with Gasteiger partial charge in [-0.3, -0.25) is 0 Å². The molecule has 0 saturated heterocycles. The molecule has 6 nitrogen and oxygen atoms in total. The van der Waals surface area contributed by atoms with Crippen LogP contribution in [0, 0.1) is 0 Å². The van der Waals surface area contributed by atoms with Crippen LogP contribution in [0.25, 0.3) is 0 Å². The van der Waals surface area contributed by atoms with Gasteiger partial charge in [0.1, 0.15) is 0 Å². The van der Waals surface area contributed by atoms with Crippen LogP contribution in [-0.4, -0.2) is 68.3 Å². The van der Waals surface area contributed by atoms with Crippen molar-refractivity contribution in [3.8, 4) is 0 Å². The fraction of sp³-hybridized carbons (Fsp3) is 0.900. The van der Waals surface area contributed by atoms with Crippen LogP contribution in [0.15, 0.2) is 12.3 Å². The Morgan fingerprint density at radius 2 is 0.889 bits per heavy atom. The molecule has 0 atom stereocenters. The Hall–Kier alpha value is -0.283. The second kappa shape index (κ2) is 20.5. The van der Waals surface area contributed by atoms with Crippen LogP contribution < -0.4 is 0 Å². The van der Waals surface area contributed by atoms with Crippen LogP contribution in [-0.2, 0) is 27.5 Å². The molecular formula is C20H42O6Si. The van der Waals surface area contributed by atoms with Crippen LogP contribution in [0.4, 0.5) is 0 Å². The van der Waals surface area contributed by atoms with Crippen molar-refractivity contribution in [2.24, 2.45) is 0 Å². The Kier molecular flexibility index (Phi) is 20.2. The van der Waals surface area contributed by atoms with E-state index in [0.717, 1.165) is 58.3 Å². The van der Waals surface area contributed by atoms with Crippen molar-refractivity contribution in [3.05, 3.63) is 12.3 Å². The molecule has 27 heavy (non-hydrogen) atoms. The molecule has 0 aromatic rings. The fourth-order valence-corrected chi connectivity index (χ4v) is 4.06. The molecule has 0 aliphatic carbocycles. The van der Waals surface area contributed by atoms with Crippen LogP contribution >= 0.6 is 0 Å². The zero-order valence-electron chi connectivity index (χ0n) is 17.8. The maximum atomic E-state index is 6.03. The molecule has 0 saturated carbocycles. The summed E-state index contributed by atoms with van der Waals surface area (Å²) in [5.74, 6) is 0. The zero-order chi connectivity index (χ0) is 20.1. The Morgan fingerprint density at radius 3 is 1.15 bits per heavy atom. The van der Waals surface area contributed by atoms with Crippen molar-refractivity contribution in [2.75, 3.05) is 59.5 Å². The summed E-state index contributed by atoms with van der Waals surface area (Å²) in [6, 6.07) is 0. The highest BCUT2D eigenvalue weighted by molar-refractivity contribution is 6.66. The van der Waals surface area contributed by atoms with Crippen LogP contribution in [0.1, 0.15) is 59.3 Å². The number of hydrogen-bond donors (Lipinski definition) is 0. The second-order valence-electron chi connectivity index (χ2n) is 6.25. The molecule has 0 aromatic carbocycles. The minimum Gasteiger partial charge on any atom is -0.381 e. The summed E-state index contributed by atoms with van der Waals surface area (Å²) in [5, 5.41) is 0. The van der Waals surface area contributed by atoms with Crippen molar-refractivity contribution in [1.82, 2.24) is 0 Å². The van der Waals surface area contributed by atoms with E-state index in [1.807, 2.05) is 0 Å². The molecule has 0 spiro atoms. The standard InChI is InChI=1S/C20H42O6Si/c1-5-12-21-15-9-18-24-27(8-4,25-19-10-16-22-13-6-2)26-20-11-17-23-14-7-3/h8H,4-7,9-20H2,1-3H3. The molecule has 162 valence electrons. The Morgan fingerprint density at radius 1 is 0.556 bits per heavy atom. The predicted octanol–water partition coefficient (Wildman–Crippen LogP) is 4.15. The van der Waals surface area contributed by atoms with Gasteiger partial charge < -0.3 is 27.5 Å². The minimum atomic E-state index is -2.88. The van der Waals surface area contributed by atoms with Gasteiger partial charge in [-0.2, -0.15) is 0 Å². The SMILES string of the molecule is C=C[Si](OCCCOCCC)(OCCCOCCC)OCCCOCCC. The van der Waals surface area contributed by atoms with E-state index in [1.165, 1.54) is 0 Å². The molecule has 0 amide bonds. The molecule has 0 aliphatic rings.